The van der Waals surface area contributed by atoms with Crippen molar-refractivity contribution < 1.29 is 22.0 Å². The maximum atomic E-state index is 13.5. The minimum absolute atomic E-state index is 0.380. The fraction of sp³-hybridized carbons (Fsp3) is 0.750. The maximum Gasteiger partial charge on any atom is 0.459 e. The van der Waals surface area contributed by atoms with Gasteiger partial charge in [0.1, 0.15) is 11.4 Å². The summed E-state index contributed by atoms with van der Waals surface area (Å²) in [6, 6.07) is -0.822. The van der Waals surface area contributed by atoms with Crippen molar-refractivity contribution in [3.8, 4) is 0 Å². The monoisotopic (exact) mass is 345 g/mol. The Bertz CT molecular complexity index is 463. The smallest absolute Gasteiger partial charge is 0.240 e. The van der Waals surface area contributed by atoms with Gasteiger partial charge in [0.2, 0.25) is 3.79 Å². The lowest BCUT2D eigenvalue weighted by atomic mass is 10.1. The molecule has 0 radical (unpaired) electrons. The second kappa shape index (κ2) is 4.89. The summed E-state index contributed by atoms with van der Waals surface area (Å²) in [5.74, 6) is -5.24. The predicted octanol–water partition coefficient (Wildman–Crippen LogP) is 4.34. The van der Waals surface area contributed by atoms with Crippen LogP contribution in [0.25, 0.3) is 0 Å². The second-order valence-electron chi connectivity index (χ2n) is 3.89. The van der Waals surface area contributed by atoms with E-state index in [-0.39, 0.29) is 0 Å². The van der Waals surface area contributed by atoms with Crippen LogP contribution < -0.4 is 0 Å². The molecule has 11 heteroatoms. The van der Waals surface area contributed by atoms with Crippen LogP contribution in [0.4, 0.5) is 22.0 Å². The highest BCUT2D eigenvalue weighted by molar-refractivity contribution is 6.66. The molecule has 1 aromatic heterocycles. The molecule has 0 bridgehead atoms. The molecule has 0 spiro atoms. The van der Waals surface area contributed by atoms with Gasteiger partial charge < -0.3 is 0 Å². The summed E-state index contributed by atoms with van der Waals surface area (Å²) in [7, 11) is 0. The van der Waals surface area contributed by atoms with Crippen LogP contribution in [0.2, 0.25) is 0 Å². The molecule has 0 aliphatic rings. The van der Waals surface area contributed by atoms with Gasteiger partial charge in [0.25, 0.3) is 0 Å². The fourth-order valence-electron chi connectivity index (χ4n) is 1.27. The molecule has 0 saturated carbocycles. The molecule has 0 fully saturated rings. The van der Waals surface area contributed by atoms with E-state index in [0.717, 1.165) is 0 Å². The summed E-state index contributed by atoms with van der Waals surface area (Å²) in [6.07, 6.45) is -5.86. The standard InChI is InChI=1S/C8H7Cl3F5N3/c1-3(2)19-5(6(12,13)8(14,15)16)4(17-18-19)7(9,10)11/h3H,1-2H3. The van der Waals surface area contributed by atoms with E-state index in [4.69, 9.17) is 34.8 Å². The van der Waals surface area contributed by atoms with Crippen molar-refractivity contribution in [2.75, 3.05) is 0 Å². The first kappa shape index (κ1) is 16.7. The third kappa shape index (κ3) is 3.05. The Hall–Kier alpha value is -0.340. The molecule has 0 aliphatic heterocycles. The van der Waals surface area contributed by atoms with E-state index < -0.39 is 33.3 Å². The molecule has 0 saturated heterocycles. The van der Waals surface area contributed by atoms with Crippen LogP contribution in [0.1, 0.15) is 31.3 Å². The van der Waals surface area contributed by atoms with Crippen LogP contribution in [0.15, 0.2) is 0 Å². The predicted molar refractivity (Wildman–Crippen MR) is 59.6 cm³/mol. The average Bonchev–Trinajstić information content (AvgIpc) is 2.58. The van der Waals surface area contributed by atoms with Crippen molar-refractivity contribution in [2.45, 2.75) is 35.8 Å². The zero-order valence-electron chi connectivity index (χ0n) is 9.44. The van der Waals surface area contributed by atoms with Crippen molar-refractivity contribution in [1.29, 1.82) is 0 Å². The molecule has 19 heavy (non-hydrogen) atoms. The summed E-state index contributed by atoms with van der Waals surface area (Å²) in [5, 5.41) is 6.32. The Kier molecular flexibility index (Phi) is 4.30. The lowest BCUT2D eigenvalue weighted by Gasteiger charge is -2.23. The van der Waals surface area contributed by atoms with Gasteiger partial charge in [-0.05, 0) is 13.8 Å². The lowest BCUT2D eigenvalue weighted by Crippen LogP contribution is -2.38. The lowest BCUT2D eigenvalue weighted by molar-refractivity contribution is -0.292. The van der Waals surface area contributed by atoms with Gasteiger partial charge in [0, 0.05) is 6.04 Å². The topological polar surface area (TPSA) is 30.7 Å². The first-order chi connectivity index (χ1) is 8.30. The summed E-state index contributed by atoms with van der Waals surface area (Å²) in [5.41, 5.74) is -2.62. The van der Waals surface area contributed by atoms with Crippen molar-refractivity contribution in [3.63, 3.8) is 0 Å². The Morgan fingerprint density at radius 2 is 1.53 bits per heavy atom. The molecule has 1 heterocycles. The molecule has 3 nitrogen and oxygen atoms in total. The zero-order chi connectivity index (χ0) is 15.2. The average molecular weight is 347 g/mol. The van der Waals surface area contributed by atoms with E-state index in [2.05, 4.69) is 10.3 Å². The maximum absolute atomic E-state index is 13.5. The highest BCUT2D eigenvalue weighted by atomic mass is 35.6. The van der Waals surface area contributed by atoms with Crippen LogP contribution in [0, 0.1) is 0 Å². The molecule has 0 unspecified atom stereocenters. The normalized spacial score (nSPS) is 14.3. The largest absolute Gasteiger partial charge is 0.459 e. The number of aromatic nitrogens is 3. The Morgan fingerprint density at radius 3 is 1.84 bits per heavy atom. The number of rotatable bonds is 2. The van der Waals surface area contributed by atoms with E-state index in [9.17, 15) is 22.0 Å². The zero-order valence-corrected chi connectivity index (χ0v) is 11.7. The van der Waals surface area contributed by atoms with Gasteiger partial charge in [-0.15, -0.1) is 5.10 Å². The molecule has 0 amide bonds. The Morgan fingerprint density at radius 1 is 1.05 bits per heavy atom. The van der Waals surface area contributed by atoms with Crippen LogP contribution in [-0.2, 0) is 9.72 Å². The third-order valence-electron chi connectivity index (χ3n) is 2.11. The summed E-state index contributed by atoms with van der Waals surface area (Å²) >= 11 is 16.1. The van der Waals surface area contributed by atoms with E-state index in [1.807, 2.05) is 0 Å². The number of nitrogens with zero attached hydrogens (tertiary/aromatic N) is 3. The molecule has 1 aromatic rings. The molecular formula is C8H7Cl3F5N3. The molecular weight excluding hydrogens is 339 g/mol. The quantitative estimate of drug-likeness (QED) is 0.589. The van der Waals surface area contributed by atoms with Crippen molar-refractivity contribution in [2.24, 2.45) is 0 Å². The summed E-state index contributed by atoms with van der Waals surface area (Å²) < 4.78 is 62.2. The molecule has 0 atom stereocenters. The molecule has 1 rings (SSSR count). The van der Waals surface area contributed by atoms with Gasteiger partial charge in [-0.25, -0.2) is 4.68 Å². The highest BCUT2D eigenvalue weighted by Gasteiger charge is 2.63. The van der Waals surface area contributed by atoms with Crippen molar-refractivity contribution in [1.82, 2.24) is 15.0 Å². The van der Waals surface area contributed by atoms with Crippen molar-refractivity contribution >= 4 is 34.8 Å². The first-order valence-corrected chi connectivity index (χ1v) is 5.91. The van der Waals surface area contributed by atoms with Crippen LogP contribution in [0.3, 0.4) is 0 Å². The molecule has 110 valence electrons. The van der Waals surface area contributed by atoms with Crippen LogP contribution in [0.5, 0.6) is 0 Å². The Labute approximate surface area is 119 Å². The summed E-state index contributed by atoms with van der Waals surface area (Å²) in [6.45, 7) is 2.68. The van der Waals surface area contributed by atoms with Gasteiger partial charge >= 0.3 is 12.1 Å². The van der Waals surface area contributed by atoms with Gasteiger partial charge in [-0.1, -0.05) is 40.0 Å². The summed E-state index contributed by atoms with van der Waals surface area (Å²) in [4.78, 5) is 0. The highest BCUT2D eigenvalue weighted by Crippen LogP contribution is 2.49. The van der Waals surface area contributed by atoms with E-state index in [0.29, 0.717) is 4.68 Å². The van der Waals surface area contributed by atoms with Crippen molar-refractivity contribution in [3.05, 3.63) is 11.4 Å². The van der Waals surface area contributed by atoms with Crippen LogP contribution in [-0.4, -0.2) is 21.2 Å². The van der Waals surface area contributed by atoms with Crippen LogP contribution >= 0.6 is 34.8 Å². The van der Waals surface area contributed by atoms with E-state index in [1.165, 1.54) is 13.8 Å². The molecule has 0 N–H and O–H groups in total. The minimum Gasteiger partial charge on any atom is -0.240 e. The fourth-order valence-corrected chi connectivity index (χ4v) is 1.65. The minimum atomic E-state index is -5.86. The van der Waals surface area contributed by atoms with Gasteiger partial charge in [0.15, 0.2) is 0 Å². The van der Waals surface area contributed by atoms with E-state index in [1.54, 1.807) is 0 Å². The van der Waals surface area contributed by atoms with E-state index >= 15 is 0 Å². The second-order valence-corrected chi connectivity index (χ2v) is 6.18. The number of hydrogen-bond acceptors (Lipinski definition) is 2. The number of halogens is 8. The first-order valence-electron chi connectivity index (χ1n) is 4.77. The van der Waals surface area contributed by atoms with Gasteiger partial charge in [-0.2, -0.15) is 22.0 Å². The van der Waals surface area contributed by atoms with Gasteiger partial charge in [0.05, 0.1) is 0 Å². The number of alkyl halides is 8. The third-order valence-corrected chi connectivity index (χ3v) is 2.64. The Balaban J connectivity index is 3.60. The SMILES string of the molecule is CC(C)n1nnc(C(Cl)(Cl)Cl)c1C(F)(F)C(F)(F)F. The van der Waals surface area contributed by atoms with Gasteiger partial charge in [-0.3, -0.25) is 0 Å². The number of hydrogen-bond donors (Lipinski definition) is 0. The molecule has 0 aliphatic carbocycles. The molecule has 0 aromatic carbocycles.